The third-order valence-corrected chi connectivity index (χ3v) is 6.50. The van der Waals surface area contributed by atoms with Gasteiger partial charge in [-0.1, -0.05) is 44.2 Å². The van der Waals surface area contributed by atoms with Gasteiger partial charge in [-0.25, -0.2) is 0 Å². The Labute approximate surface area is 226 Å². The Kier molecular flexibility index (Phi) is 10.8. The number of ether oxygens (including phenoxy) is 1. The normalized spacial score (nSPS) is 14.0. The zero-order chi connectivity index (χ0) is 27.6. The Bertz CT molecular complexity index is 1170. The average molecular weight is 521 g/mol. The second-order valence-corrected chi connectivity index (χ2v) is 9.73. The van der Waals surface area contributed by atoms with Crippen LogP contribution in [0.1, 0.15) is 57.1 Å². The number of nitrogens with two attached hydrogens (primary N) is 2. The van der Waals surface area contributed by atoms with Crippen LogP contribution in [-0.4, -0.2) is 26.9 Å². The lowest BCUT2D eigenvalue weighted by molar-refractivity contribution is 0.118. The van der Waals surface area contributed by atoms with Gasteiger partial charge in [-0.2, -0.15) is 12.6 Å². The van der Waals surface area contributed by atoms with E-state index in [2.05, 4.69) is 50.5 Å². The first kappa shape index (κ1) is 29.9. The van der Waals surface area contributed by atoms with E-state index in [0.29, 0.717) is 29.7 Å². The summed E-state index contributed by atoms with van der Waals surface area (Å²) < 4.78 is 5.85. The van der Waals surface area contributed by atoms with E-state index in [9.17, 15) is 5.11 Å². The topological polar surface area (TPSA) is 107 Å². The SMILES string of the molecule is CC(C)C(C)(c1ccc(/C(N)=C/C=C(\N)C(C)(C)O)cc1)c1ccc(OCc2ccccn2)cn1.CS. The van der Waals surface area contributed by atoms with Crippen molar-refractivity contribution in [2.45, 2.75) is 52.2 Å². The molecule has 0 amide bonds. The maximum Gasteiger partial charge on any atom is 0.138 e. The Morgan fingerprint density at radius 3 is 2.16 bits per heavy atom. The Morgan fingerprint density at radius 1 is 0.973 bits per heavy atom. The van der Waals surface area contributed by atoms with E-state index < -0.39 is 5.60 Å². The van der Waals surface area contributed by atoms with Crippen molar-refractivity contribution < 1.29 is 9.84 Å². The van der Waals surface area contributed by atoms with Crippen LogP contribution in [0.5, 0.6) is 5.75 Å². The highest BCUT2D eigenvalue weighted by atomic mass is 32.1. The van der Waals surface area contributed by atoms with Crippen LogP contribution >= 0.6 is 12.6 Å². The number of thiol groups is 1. The standard InChI is InChI=1S/C29H36N4O2.CH4S/c1-20(2)29(5,27-16-13-24(18-33-27)35-19-23-8-6-7-17-32-23)22-11-9-21(10-12-22)25(30)14-15-26(31)28(3,4)34;1-2/h6-18,20,34H,19,30-31H2,1-5H3;2H,1H3/b25-14-,26-15-;. The van der Waals surface area contributed by atoms with Gasteiger partial charge in [0.1, 0.15) is 12.4 Å². The van der Waals surface area contributed by atoms with Crippen LogP contribution in [0.4, 0.5) is 0 Å². The first-order chi connectivity index (χ1) is 17.5. The first-order valence-electron chi connectivity index (χ1n) is 12.2. The highest BCUT2D eigenvalue weighted by Gasteiger charge is 2.34. The van der Waals surface area contributed by atoms with Crippen LogP contribution in [0.15, 0.2) is 84.8 Å². The number of hydrogen-bond acceptors (Lipinski definition) is 7. The number of hydrogen-bond donors (Lipinski definition) is 4. The van der Waals surface area contributed by atoms with Crippen molar-refractivity contribution in [2.75, 3.05) is 6.26 Å². The van der Waals surface area contributed by atoms with Crippen molar-refractivity contribution in [1.29, 1.82) is 0 Å². The van der Waals surface area contributed by atoms with Gasteiger partial charge < -0.3 is 21.3 Å². The summed E-state index contributed by atoms with van der Waals surface area (Å²) in [6.07, 6.45) is 8.58. The molecule has 0 saturated carbocycles. The molecule has 0 aliphatic heterocycles. The second-order valence-electron chi connectivity index (χ2n) is 9.73. The number of benzene rings is 1. The molecule has 6 nitrogen and oxygen atoms in total. The number of rotatable bonds is 9. The van der Waals surface area contributed by atoms with Crippen molar-refractivity contribution in [1.82, 2.24) is 9.97 Å². The van der Waals surface area contributed by atoms with E-state index in [0.717, 1.165) is 22.5 Å². The van der Waals surface area contributed by atoms with Gasteiger partial charge in [-0.05, 0) is 80.5 Å². The summed E-state index contributed by atoms with van der Waals surface area (Å²) in [5.74, 6) is 1.00. The second kappa shape index (κ2) is 13.3. The van der Waals surface area contributed by atoms with E-state index in [-0.39, 0.29) is 5.41 Å². The fourth-order valence-electron chi connectivity index (χ4n) is 3.68. The predicted molar refractivity (Wildman–Crippen MR) is 156 cm³/mol. The molecule has 0 spiro atoms. The Hall–Kier alpha value is -3.29. The van der Waals surface area contributed by atoms with Gasteiger partial charge in [0.15, 0.2) is 0 Å². The molecule has 0 saturated heterocycles. The molecule has 5 N–H and O–H groups in total. The van der Waals surface area contributed by atoms with E-state index in [4.69, 9.17) is 21.2 Å². The minimum atomic E-state index is -1.09. The van der Waals surface area contributed by atoms with Crippen LogP contribution in [0.3, 0.4) is 0 Å². The van der Waals surface area contributed by atoms with E-state index in [1.807, 2.05) is 42.5 Å². The number of nitrogens with zero attached hydrogens (tertiary/aromatic N) is 2. The molecule has 3 aromatic rings. The lowest BCUT2D eigenvalue weighted by atomic mass is 9.70. The molecule has 198 valence electrons. The molecule has 0 aliphatic rings. The minimum Gasteiger partial charge on any atom is -0.486 e. The Morgan fingerprint density at radius 2 is 1.65 bits per heavy atom. The summed E-state index contributed by atoms with van der Waals surface area (Å²) in [6.45, 7) is 10.3. The molecule has 1 unspecified atom stereocenters. The van der Waals surface area contributed by atoms with Gasteiger partial charge in [0.05, 0.1) is 23.2 Å². The molecule has 7 heteroatoms. The van der Waals surface area contributed by atoms with Crippen LogP contribution in [0.25, 0.3) is 5.70 Å². The molecule has 2 heterocycles. The van der Waals surface area contributed by atoms with Crippen molar-refractivity contribution in [3.05, 3.63) is 107 Å². The molecule has 0 radical (unpaired) electrons. The van der Waals surface area contributed by atoms with Crippen LogP contribution in [0, 0.1) is 5.92 Å². The van der Waals surface area contributed by atoms with Gasteiger partial charge in [0.25, 0.3) is 0 Å². The van der Waals surface area contributed by atoms with Crippen molar-refractivity contribution in [2.24, 2.45) is 17.4 Å². The van der Waals surface area contributed by atoms with Crippen molar-refractivity contribution in [3.63, 3.8) is 0 Å². The minimum absolute atomic E-state index is 0.295. The molecular weight excluding hydrogens is 480 g/mol. The monoisotopic (exact) mass is 520 g/mol. The first-order valence-corrected chi connectivity index (χ1v) is 13.1. The number of aliphatic hydroxyl groups is 1. The molecule has 37 heavy (non-hydrogen) atoms. The number of aromatic nitrogens is 2. The summed E-state index contributed by atoms with van der Waals surface area (Å²) in [6, 6.07) is 17.9. The van der Waals surface area contributed by atoms with E-state index >= 15 is 0 Å². The molecule has 1 atom stereocenters. The molecule has 0 bridgehead atoms. The van der Waals surface area contributed by atoms with Gasteiger partial charge in [-0.3, -0.25) is 9.97 Å². The summed E-state index contributed by atoms with van der Waals surface area (Å²) >= 11 is 3.53. The van der Waals surface area contributed by atoms with Crippen LogP contribution in [0.2, 0.25) is 0 Å². The fourth-order valence-corrected chi connectivity index (χ4v) is 3.68. The summed E-state index contributed by atoms with van der Waals surface area (Å²) in [7, 11) is 0. The highest BCUT2D eigenvalue weighted by molar-refractivity contribution is 7.79. The zero-order valence-electron chi connectivity index (χ0n) is 22.6. The fraction of sp³-hybridized carbons (Fsp3) is 0.333. The third-order valence-electron chi connectivity index (χ3n) is 6.50. The maximum absolute atomic E-state index is 9.98. The highest BCUT2D eigenvalue weighted by Crippen LogP contribution is 2.38. The van der Waals surface area contributed by atoms with E-state index in [1.54, 1.807) is 44.6 Å². The third kappa shape index (κ3) is 7.84. The molecule has 1 aromatic carbocycles. The largest absolute Gasteiger partial charge is 0.486 e. The summed E-state index contributed by atoms with van der Waals surface area (Å²) in [5, 5.41) is 9.98. The summed E-state index contributed by atoms with van der Waals surface area (Å²) in [5.41, 5.74) is 15.5. The lowest BCUT2D eigenvalue weighted by Gasteiger charge is -2.34. The molecule has 2 aromatic heterocycles. The average Bonchev–Trinajstić information content (AvgIpc) is 2.91. The smallest absolute Gasteiger partial charge is 0.138 e. The quantitative estimate of drug-likeness (QED) is 0.220. The number of pyridine rings is 2. The zero-order valence-corrected chi connectivity index (χ0v) is 23.5. The number of allylic oxidation sites excluding steroid dienone is 2. The van der Waals surface area contributed by atoms with Crippen LogP contribution in [-0.2, 0) is 12.0 Å². The van der Waals surface area contributed by atoms with Gasteiger partial charge >= 0.3 is 0 Å². The van der Waals surface area contributed by atoms with Crippen molar-refractivity contribution in [3.8, 4) is 5.75 Å². The molecular formula is C30H40N4O2S. The van der Waals surface area contributed by atoms with Crippen molar-refractivity contribution >= 4 is 18.3 Å². The lowest BCUT2D eigenvalue weighted by Crippen LogP contribution is -2.31. The molecule has 0 aliphatic carbocycles. The predicted octanol–water partition coefficient (Wildman–Crippen LogP) is 5.48. The van der Waals surface area contributed by atoms with Crippen LogP contribution < -0.4 is 16.2 Å². The van der Waals surface area contributed by atoms with Gasteiger partial charge in [0, 0.05) is 23.0 Å². The summed E-state index contributed by atoms with van der Waals surface area (Å²) in [4.78, 5) is 9.05. The van der Waals surface area contributed by atoms with Gasteiger partial charge in [0.2, 0.25) is 0 Å². The maximum atomic E-state index is 9.98. The Balaban J connectivity index is 0.00000235. The van der Waals surface area contributed by atoms with Gasteiger partial charge in [-0.15, -0.1) is 0 Å². The van der Waals surface area contributed by atoms with E-state index in [1.165, 1.54) is 0 Å². The molecule has 0 fully saturated rings. The molecule has 3 rings (SSSR count).